The van der Waals surface area contributed by atoms with Crippen LogP contribution in [0.4, 0.5) is 0 Å². The summed E-state index contributed by atoms with van der Waals surface area (Å²) in [6.45, 7) is 10.5. The van der Waals surface area contributed by atoms with Gasteiger partial charge in [0.15, 0.2) is 5.96 Å². The lowest BCUT2D eigenvalue weighted by atomic mass is 10.1. The van der Waals surface area contributed by atoms with E-state index in [2.05, 4.69) is 47.5 Å². The standard InChI is InChI=1S/C16H31N3O2S.HI/c1-5-17-16(18-9-7-6-8-15(20)21-4)19-10-11-22-14(12-19)13(2)3;/h13-14H,5-12H2,1-4H3,(H,17,18);1H. The van der Waals surface area contributed by atoms with Gasteiger partial charge in [-0.1, -0.05) is 13.8 Å². The van der Waals surface area contributed by atoms with Crippen molar-refractivity contribution in [3.8, 4) is 0 Å². The van der Waals surface area contributed by atoms with Gasteiger partial charge in [0.05, 0.1) is 7.11 Å². The summed E-state index contributed by atoms with van der Waals surface area (Å²) in [5, 5.41) is 4.08. The van der Waals surface area contributed by atoms with E-state index in [1.807, 2.05) is 0 Å². The number of carbonyl (C=O) groups is 1. The molecule has 1 fully saturated rings. The summed E-state index contributed by atoms with van der Waals surface area (Å²) in [6.07, 6.45) is 2.23. The Morgan fingerprint density at radius 2 is 2.17 bits per heavy atom. The molecule has 0 saturated carbocycles. The maximum atomic E-state index is 11.1. The van der Waals surface area contributed by atoms with Crippen LogP contribution in [0, 0.1) is 5.92 Å². The summed E-state index contributed by atoms with van der Waals surface area (Å²) in [4.78, 5) is 18.2. The molecule has 0 radical (unpaired) electrons. The first-order chi connectivity index (χ1) is 10.6. The maximum absolute atomic E-state index is 11.1. The number of rotatable bonds is 7. The molecular weight excluding hydrogens is 425 g/mol. The van der Waals surface area contributed by atoms with Crippen LogP contribution in [0.15, 0.2) is 4.99 Å². The molecular formula is C16H32IN3O2S. The molecule has 0 aromatic carbocycles. The van der Waals surface area contributed by atoms with E-state index in [0.29, 0.717) is 17.6 Å². The van der Waals surface area contributed by atoms with Gasteiger partial charge in [0.2, 0.25) is 0 Å². The molecule has 0 spiro atoms. The minimum atomic E-state index is -0.135. The molecule has 0 aromatic rings. The number of hydrogen-bond donors (Lipinski definition) is 1. The third-order valence-corrected chi connectivity index (χ3v) is 5.29. The zero-order valence-electron chi connectivity index (χ0n) is 14.8. The molecule has 0 bridgehead atoms. The Hall–Kier alpha value is -0.180. The second-order valence-corrected chi connectivity index (χ2v) is 7.22. The van der Waals surface area contributed by atoms with Crippen molar-refractivity contribution in [2.24, 2.45) is 10.9 Å². The van der Waals surface area contributed by atoms with E-state index >= 15 is 0 Å². The molecule has 1 unspecified atom stereocenters. The Kier molecular flexibility index (Phi) is 13.0. The Balaban J connectivity index is 0.00000484. The van der Waals surface area contributed by atoms with Gasteiger partial charge in [-0.3, -0.25) is 9.79 Å². The van der Waals surface area contributed by atoms with Crippen molar-refractivity contribution in [1.82, 2.24) is 10.2 Å². The van der Waals surface area contributed by atoms with Crippen LogP contribution >= 0.6 is 35.7 Å². The summed E-state index contributed by atoms with van der Waals surface area (Å²) in [5.41, 5.74) is 0. The lowest BCUT2D eigenvalue weighted by Gasteiger charge is -2.36. The molecule has 136 valence electrons. The number of nitrogens with zero attached hydrogens (tertiary/aromatic N) is 2. The predicted molar refractivity (Wildman–Crippen MR) is 110 cm³/mol. The zero-order valence-corrected chi connectivity index (χ0v) is 18.0. The quantitative estimate of drug-likeness (QED) is 0.210. The normalized spacial score (nSPS) is 18.6. The molecule has 1 atom stereocenters. The monoisotopic (exact) mass is 457 g/mol. The lowest BCUT2D eigenvalue weighted by molar-refractivity contribution is -0.140. The van der Waals surface area contributed by atoms with Crippen LogP contribution in [0.5, 0.6) is 0 Å². The number of hydrogen-bond acceptors (Lipinski definition) is 4. The lowest BCUT2D eigenvalue weighted by Crippen LogP contribution is -2.49. The van der Waals surface area contributed by atoms with Gasteiger partial charge in [0.1, 0.15) is 0 Å². The van der Waals surface area contributed by atoms with Crippen molar-refractivity contribution in [3.05, 3.63) is 0 Å². The average molecular weight is 457 g/mol. The van der Waals surface area contributed by atoms with E-state index < -0.39 is 0 Å². The minimum Gasteiger partial charge on any atom is -0.469 e. The SMILES string of the molecule is CCNC(=NCCCCC(=O)OC)N1CCSC(C(C)C)C1.I. The number of nitrogens with one attached hydrogen (secondary N) is 1. The fourth-order valence-corrected chi connectivity index (χ4v) is 3.66. The van der Waals surface area contributed by atoms with Gasteiger partial charge in [0.25, 0.3) is 0 Å². The molecule has 0 amide bonds. The highest BCUT2D eigenvalue weighted by atomic mass is 127. The third-order valence-electron chi connectivity index (χ3n) is 3.75. The summed E-state index contributed by atoms with van der Waals surface area (Å²) in [7, 11) is 1.43. The van der Waals surface area contributed by atoms with Crippen molar-refractivity contribution in [3.63, 3.8) is 0 Å². The molecule has 23 heavy (non-hydrogen) atoms. The predicted octanol–water partition coefficient (Wildman–Crippen LogP) is 2.99. The number of methoxy groups -OCH3 is 1. The fourth-order valence-electron chi connectivity index (χ4n) is 2.37. The van der Waals surface area contributed by atoms with Crippen LogP contribution in [0.2, 0.25) is 0 Å². The summed E-state index contributed by atoms with van der Waals surface area (Å²) >= 11 is 2.07. The van der Waals surface area contributed by atoms with Crippen LogP contribution in [0.1, 0.15) is 40.0 Å². The number of aliphatic imine (C=N–C) groups is 1. The van der Waals surface area contributed by atoms with Gasteiger partial charge >= 0.3 is 5.97 Å². The highest BCUT2D eigenvalue weighted by Crippen LogP contribution is 2.24. The van der Waals surface area contributed by atoms with Gasteiger partial charge in [-0.2, -0.15) is 11.8 Å². The number of halogens is 1. The first-order valence-electron chi connectivity index (χ1n) is 8.30. The highest BCUT2D eigenvalue weighted by molar-refractivity contribution is 14.0. The summed E-state index contributed by atoms with van der Waals surface area (Å²) in [6, 6.07) is 0. The van der Waals surface area contributed by atoms with Gasteiger partial charge in [0, 0.05) is 43.6 Å². The van der Waals surface area contributed by atoms with Crippen LogP contribution in [0.25, 0.3) is 0 Å². The van der Waals surface area contributed by atoms with E-state index in [4.69, 9.17) is 4.99 Å². The molecule has 1 rings (SSSR count). The van der Waals surface area contributed by atoms with Crippen molar-refractivity contribution in [2.45, 2.75) is 45.3 Å². The summed E-state index contributed by atoms with van der Waals surface area (Å²) < 4.78 is 4.65. The Bertz CT molecular complexity index is 367. The molecule has 7 heteroatoms. The van der Waals surface area contributed by atoms with Gasteiger partial charge in [-0.05, 0) is 25.7 Å². The van der Waals surface area contributed by atoms with Crippen molar-refractivity contribution >= 4 is 47.7 Å². The highest BCUT2D eigenvalue weighted by Gasteiger charge is 2.24. The number of thioether (sulfide) groups is 1. The molecule has 0 aromatic heterocycles. The fraction of sp³-hybridized carbons (Fsp3) is 0.875. The number of unbranched alkanes of at least 4 members (excludes halogenated alkanes) is 1. The molecule has 1 aliphatic heterocycles. The van der Waals surface area contributed by atoms with Crippen LogP contribution < -0.4 is 5.32 Å². The average Bonchev–Trinajstić information content (AvgIpc) is 2.53. The molecule has 1 heterocycles. The van der Waals surface area contributed by atoms with E-state index in [9.17, 15) is 4.79 Å². The second-order valence-electron chi connectivity index (χ2n) is 5.87. The topological polar surface area (TPSA) is 53.9 Å². The first-order valence-corrected chi connectivity index (χ1v) is 9.35. The second kappa shape index (κ2) is 13.1. The number of carbonyl (C=O) groups excluding carboxylic acids is 1. The molecule has 1 N–H and O–H groups in total. The van der Waals surface area contributed by atoms with E-state index in [-0.39, 0.29) is 29.9 Å². The first kappa shape index (κ1) is 22.8. The molecule has 1 aliphatic rings. The molecule has 1 saturated heterocycles. The van der Waals surface area contributed by atoms with E-state index in [1.54, 1.807) is 0 Å². The van der Waals surface area contributed by atoms with Crippen molar-refractivity contribution < 1.29 is 9.53 Å². The summed E-state index contributed by atoms with van der Waals surface area (Å²) in [5.74, 6) is 2.74. The van der Waals surface area contributed by atoms with Gasteiger partial charge in [-0.15, -0.1) is 24.0 Å². The Labute approximate surface area is 162 Å². The number of guanidine groups is 1. The largest absolute Gasteiger partial charge is 0.469 e. The van der Waals surface area contributed by atoms with Crippen molar-refractivity contribution in [1.29, 1.82) is 0 Å². The maximum Gasteiger partial charge on any atom is 0.305 e. The van der Waals surface area contributed by atoms with Crippen LogP contribution in [0.3, 0.4) is 0 Å². The number of esters is 1. The molecule has 0 aliphatic carbocycles. The Morgan fingerprint density at radius 3 is 2.78 bits per heavy atom. The van der Waals surface area contributed by atoms with E-state index in [0.717, 1.165) is 50.7 Å². The smallest absolute Gasteiger partial charge is 0.305 e. The third kappa shape index (κ3) is 9.02. The van der Waals surface area contributed by atoms with E-state index in [1.165, 1.54) is 7.11 Å². The van der Waals surface area contributed by atoms with Gasteiger partial charge < -0.3 is 15.0 Å². The van der Waals surface area contributed by atoms with Crippen molar-refractivity contribution in [2.75, 3.05) is 39.0 Å². The minimum absolute atomic E-state index is 0. The Morgan fingerprint density at radius 1 is 1.43 bits per heavy atom. The van der Waals surface area contributed by atoms with Crippen LogP contribution in [-0.4, -0.2) is 61.1 Å². The molecule has 5 nitrogen and oxygen atoms in total. The number of ether oxygens (including phenoxy) is 1. The zero-order chi connectivity index (χ0) is 16.4. The van der Waals surface area contributed by atoms with Crippen LogP contribution in [-0.2, 0) is 9.53 Å². The van der Waals surface area contributed by atoms with Gasteiger partial charge in [-0.25, -0.2) is 0 Å².